The second kappa shape index (κ2) is 7.03. The molecule has 0 saturated heterocycles. The summed E-state index contributed by atoms with van der Waals surface area (Å²) in [6, 6.07) is 8.00. The predicted octanol–water partition coefficient (Wildman–Crippen LogP) is 1.97. The molecule has 3 rings (SSSR count). The van der Waals surface area contributed by atoms with Crippen LogP contribution in [0, 0.1) is 16.7 Å². The van der Waals surface area contributed by atoms with Gasteiger partial charge in [-0.3, -0.25) is 4.98 Å². The van der Waals surface area contributed by atoms with Gasteiger partial charge in [0.1, 0.15) is 17.5 Å². The molecule has 1 saturated carbocycles. The van der Waals surface area contributed by atoms with E-state index in [1.54, 1.807) is 6.20 Å². The van der Waals surface area contributed by atoms with E-state index in [4.69, 9.17) is 0 Å². The highest BCUT2D eigenvalue weighted by Crippen LogP contribution is 2.42. The summed E-state index contributed by atoms with van der Waals surface area (Å²) in [7, 11) is 0. The van der Waals surface area contributed by atoms with Gasteiger partial charge in [-0.1, -0.05) is 19.9 Å². The number of aliphatic hydroxyl groups excluding tert-OH is 1. The van der Waals surface area contributed by atoms with Crippen LogP contribution in [0.4, 0.5) is 11.8 Å². The van der Waals surface area contributed by atoms with E-state index >= 15 is 0 Å². The zero-order valence-corrected chi connectivity index (χ0v) is 14.4. The molecule has 0 bridgehead atoms. The van der Waals surface area contributed by atoms with Crippen molar-refractivity contribution in [2.75, 3.05) is 17.2 Å². The first-order chi connectivity index (χ1) is 12.0. The minimum absolute atomic E-state index is 0.0749. The SMILES string of the molecule is CC1(C)[C@@H](O)C[C@H]1Nc1nc(NCCc2ccccn2)ncc1C#N. The first-order valence-corrected chi connectivity index (χ1v) is 8.36. The van der Waals surface area contributed by atoms with Gasteiger partial charge in [-0.15, -0.1) is 0 Å². The van der Waals surface area contributed by atoms with Crippen molar-refractivity contribution in [2.24, 2.45) is 5.41 Å². The molecule has 130 valence electrons. The van der Waals surface area contributed by atoms with Gasteiger partial charge in [0.2, 0.25) is 5.95 Å². The summed E-state index contributed by atoms with van der Waals surface area (Å²) >= 11 is 0. The van der Waals surface area contributed by atoms with Crippen molar-refractivity contribution < 1.29 is 5.11 Å². The highest BCUT2D eigenvalue weighted by Gasteiger charge is 2.47. The van der Waals surface area contributed by atoms with E-state index < -0.39 is 0 Å². The maximum absolute atomic E-state index is 9.87. The van der Waals surface area contributed by atoms with E-state index in [-0.39, 0.29) is 17.6 Å². The van der Waals surface area contributed by atoms with Crippen LogP contribution < -0.4 is 10.6 Å². The highest BCUT2D eigenvalue weighted by molar-refractivity contribution is 5.54. The molecule has 7 nitrogen and oxygen atoms in total. The minimum Gasteiger partial charge on any atom is -0.392 e. The van der Waals surface area contributed by atoms with E-state index in [9.17, 15) is 10.4 Å². The Morgan fingerprint density at radius 1 is 1.36 bits per heavy atom. The molecule has 0 aromatic carbocycles. The Balaban J connectivity index is 1.65. The molecular formula is C18H22N6O. The van der Waals surface area contributed by atoms with Crippen LogP contribution in [0.1, 0.15) is 31.5 Å². The molecule has 0 aliphatic heterocycles. The normalized spacial score (nSPS) is 21.0. The average Bonchev–Trinajstić information content (AvgIpc) is 2.62. The Hall–Kier alpha value is -2.72. The summed E-state index contributed by atoms with van der Waals surface area (Å²) in [5, 5.41) is 25.6. The molecule has 0 radical (unpaired) electrons. The van der Waals surface area contributed by atoms with Crippen LogP contribution >= 0.6 is 0 Å². The first-order valence-electron chi connectivity index (χ1n) is 8.36. The molecule has 0 amide bonds. The number of anilines is 2. The highest BCUT2D eigenvalue weighted by atomic mass is 16.3. The first kappa shape index (κ1) is 17.1. The van der Waals surface area contributed by atoms with Crippen LogP contribution in [-0.4, -0.2) is 38.7 Å². The van der Waals surface area contributed by atoms with E-state index in [1.807, 2.05) is 32.0 Å². The van der Waals surface area contributed by atoms with Crippen molar-refractivity contribution in [3.05, 3.63) is 41.9 Å². The fourth-order valence-electron chi connectivity index (χ4n) is 2.82. The lowest BCUT2D eigenvalue weighted by atomic mass is 9.64. The van der Waals surface area contributed by atoms with Crippen molar-refractivity contribution >= 4 is 11.8 Å². The standard InChI is InChI=1S/C18H22N6O/c1-18(2)14(9-15(18)25)23-16-12(10-19)11-22-17(24-16)21-8-6-13-5-3-4-7-20-13/h3-5,7,11,14-15,25H,6,8-9H2,1-2H3,(H2,21,22,23,24)/t14-,15+/m1/s1. The molecule has 0 spiro atoms. The number of rotatable bonds is 6. The quantitative estimate of drug-likeness (QED) is 0.739. The van der Waals surface area contributed by atoms with Gasteiger partial charge >= 0.3 is 0 Å². The molecule has 25 heavy (non-hydrogen) atoms. The third-order valence-corrected chi connectivity index (χ3v) is 4.83. The fraction of sp³-hybridized carbons (Fsp3) is 0.444. The monoisotopic (exact) mass is 338 g/mol. The van der Waals surface area contributed by atoms with E-state index in [0.29, 0.717) is 30.3 Å². The summed E-state index contributed by atoms with van der Waals surface area (Å²) in [5.41, 5.74) is 1.14. The van der Waals surface area contributed by atoms with Crippen LogP contribution in [0.2, 0.25) is 0 Å². The van der Waals surface area contributed by atoms with Crippen molar-refractivity contribution in [2.45, 2.75) is 38.8 Å². The number of pyridine rings is 1. The van der Waals surface area contributed by atoms with Gasteiger partial charge in [-0.2, -0.15) is 10.2 Å². The predicted molar refractivity (Wildman–Crippen MR) is 95.0 cm³/mol. The van der Waals surface area contributed by atoms with Crippen LogP contribution in [0.25, 0.3) is 0 Å². The summed E-state index contributed by atoms with van der Waals surface area (Å²) < 4.78 is 0. The summed E-state index contributed by atoms with van der Waals surface area (Å²) in [6.45, 7) is 4.65. The van der Waals surface area contributed by atoms with Crippen molar-refractivity contribution in [1.29, 1.82) is 5.26 Å². The molecular weight excluding hydrogens is 316 g/mol. The van der Waals surface area contributed by atoms with Crippen LogP contribution in [0.3, 0.4) is 0 Å². The number of nitrogens with zero attached hydrogens (tertiary/aromatic N) is 4. The molecule has 2 aromatic heterocycles. The number of nitriles is 1. The smallest absolute Gasteiger partial charge is 0.224 e. The fourth-order valence-corrected chi connectivity index (χ4v) is 2.82. The second-order valence-corrected chi connectivity index (χ2v) is 6.84. The van der Waals surface area contributed by atoms with Gasteiger partial charge in [0.15, 0.2) is 0 Å². The van der Waals surface area contributed by atoms with Crippen molar-refractivity contribution in [3.8, 4) is 6.07 Å². The lowest BCUT2D eigenvalue weighted by Crippen LogP contribution is -2.57. The third kappa shape index (κ3) is 3.69. The number of aliphatic hydroxyl groups is 1. The molecule has 1 aliphatic rings. The molecule has 2 heterocycles. The Morgan fingerprint density at radius 3 is 2.84 bits per heavy atom. The maximum atomic E-state index is 9.87. The largest absolute Gasteiger partial charge is 0.392 e. The van der Waals surface area contributed by atoms with E-state index in [0.717, 1.165) is 12.1 Å². The van der Waals surface area contributed by atoms with Crippen LogP contribution in [0.15, 0.2) is 30.6 Å². The lowest BCUT2D eigenvalue weighted by molar-refractivity contribution is -0.0511. The van der Waals surface area contributed by atoms with Gasteiger partial charge in [0.25, 0.3) is 0 Å². The zero-order valence-electron chi connectivity index (χ0n) is 14.4. The molecule has 3 N–H and O–H groups in total. The van der Waals surface area contributed by atoms with E-state index in [2.05, 4.69) is 31.7 Å². The summed E-state index contributed by atoms with van der Waals surface area (Å²) in [5.74, 6) is 0.970. The zero-order chi connectivity index (χ0) is 17.9. The van der Waals surface area contributed by atoms with Gasteiger partial charge in [0, 0.05) is 36.3 Å². The van der Waals surface area contributed by atoms with Crippen molar-refractivity contribution in [1.82, 2.24) is 15.0 Å². The summed E-state index contributed by atoms with van der Waals surface area (Å²) in [6.07, 6.45) is 4.35. The van der Waals surface area contributed by atoms with Gasteiger partial charge in [0.05, 0.1) is 12.3 Å². The van der Waals surface area contributed by atoms with Gasteiger partial charge in [-0.05, 0) is 18.6 Å². The van der Waals surface area contributed by atoms with Crippen LogP contribution in [0.5, 0.6) is 0 Å². The Labute approximate surface area is 147 Å². The van der Waals surface area contributed by atoms with E-state index in [1.165, 1.54) is 6.20 Å². The molecule has 2 atom stereocenters. The lowest BCUT2D eigenvalue weighted by Gasteiger charge is -2.49. The van der Waals surface area contributed by atoms with Gasteiger partial charge in [-0.25, -0.2) is 4.98 Å². The number of hydrogen-bond donors (Lipinski definition) is 3. The third-order valence-electron chi connectivity index (χ3n) is 4.83. The Kier molecular flexibility index (Phi) is 4.81. The number of nitrogens with one attached hydrogen (secondary N) is 2. The van der Waals surface area contributed by atoms with Crippen LogP contribution in [-0.2, 0) is 6.42 Å². The average molecular weight is 338 g/mol. The number of hydrogen-bond acceptors (Lipinski definition) is 7. The number of aromatic nitrogens is 3. The van der Waals surface area contributed by atoms with Crippen molar-refractivity contribution in [3.63, 3.8) is 0 Å². The maximum Gasteiger partial charge on any atom is 0.224 e. The molecule has 1 fully saturated rings. The summed E-state index contributed by atoms with van der Waals surface area (Å²) in [4.78, 5) is 12.9. The minimum atomic E-state index is -0.339. The molecule has 1 aliphatic carbocycles. The molecule has 7 heteroatoms. The topological polar surface area (TPSA) is 107 Å². The molecule has 2 aromatic rings. The van der Waals surface area contributed by atoms with Gasteiger partial charge < -0.3 is 15.7 Å². The Morgan fingerprint density at radius 2 is 2.20 bits per heavy atom. The molecule has 0 unspecified atom stereocenters. The Bertz CT molecular complexity index is 771. The second-order valence-electron chi connectivity index (χ2n) is 6.84.